The predicted octanol–water partition coefficient (Wildman–Crippen LogP) is 1.69. The third kappa shape index (κ3) is 4.10. The van der Waals surface area contributed by atoms with E-state index >= 15 is 0 Å². The highest BCUT2D eigenvalue weighted by Crippen LogP contribution is 2.23. The van der Waals surface area contributed by atoms with Crippen molar-refractivity contribution < 1.29 is 9.59 Å². The molecule has 0 saturated carbocycles. The van der Waals surface area contributed by atoms with E-state index < -0.39 is 6.04 Å². The molecule has 21 heavy (non-hydrogen) atoms. The number of amides is 2. The van der Waals surface area contributed by atoms with Crippen LogP contribution in [0.15, 0.2) is 18.3 Å². The van der Waals surface area contributed by atoms with E-state index in [-0.39, 0.29) is 11.8 Å². The van der Waals surface area contributed by atoms with Gasteiger partial charge in [0.25, 0.3) is 0 Å². The second-order valence-electron chi connectivity index (χ2n) is 4.94. The number of nitrogens with zero attached hydrogens (tertiary/aromatic N) is 2. The molecule has 0 radical (unpaired) electrons. The zero-order chi connectivity index (χ0) is 15.2. The average molecular weight is 308 g/mol. The molecule has 0 aromatic carbocycles. The molecule has 1 atom stereocenters. The first-order chi connectivity index (χ1) is 10.1. The molecule has 1 aromatic heterocycles. The number of anilines is 2. The summed E-state index contributed by atoms with van der Waals surface area (Å²) in [4.78, 5) is 30.0. The maximum absolute atomic E-state index is 12.3. The SMILES string of the molecule is CCCCC(=O)N1CSCC1C(=O)Nc1ccc(N)nc1. The average Bonchev–Trinajstić information content (AvgIpc) is 2.96. The molecule has 2 amide bonds. The molecule has 0 bridgehead atoms. The molecule has 1 unspecified atom stereocenters. The first kappa shape index (κ1) is 15.6. The van der Waals surface area contributed by atoms with Gasteiger partial charge in [-0.3, -0.25) is 9.59 Å². The first-order valence-corrected chi connectivity index (χ1v) is 8.17. The lowest BCUT2D eigenvalue weighted by Crippen LogP contribution is -2.44. The quantitative estimate of drug-likeness (QED) is 0.864. The van der Waals surface area contributed by atoms with Gasteiger partial charge >= 0.3 is 0 Å². The Hall–Kier alpha value is -1.76. The normalized spacial score (nSPS) is 17.8. The van der Waals surface area contributed by atoms with Crippen LogP contribution in [0.3, 0.4) is 0 Å². The van der Waals surface area contributed by atoms with Gasteiger partial charge in [0, 0.05) is 12.2 Å². The Balaban J connectivity index is 1.97. The number of hydrogen-bond acceptors (Lipinski definition) is 5. The number of nitrogens with two attached hydrogens (primary N) is 1. The minimum absolute atomic E-state index is 0.0532. The predicted molar refractivity (Wildman–Crippen MR) is 84.8 cm³/mol. The van der Waals surface area contributed by atoms with E-state index in [1.807, 2.05) is 6.92 Å². The number of thioether (sulfide) groups is 1. The van der Waals surface area contributed by atoms with Crippen molar-refractivity contribution in [2.75, 3.05) is 22.7 Å². The second kappa shape index (κ2) is 7.31. The van der Waals surface area contributed by atoms with Crippen LogP contribution in [-0.2, 0) is 9.59 Å². The summed E-state index contributed by atoms with van der Waals surface area (Å²) in [7, 11) is 0. The molecule has 0 aliphatic carbocycles. The summed E-state index contributed by atoms with van der Waals surface area (Å²) in [6.07, 6.45) is 3.85. The van der Waals surface area contributed by atoms with Gasteiger partial charge in [-0.15, -0.1) is 11.8 Å². The lowest BCUT2D eigenvalue weighted by atomic mass is 10.2. The van der Waals surface area contributed by atoms with Crippen LogP contribution >= 0.6 is 11.8 Å². The fraction of sp³-hybridized carbons (Fsp3) is 0.500. The van der Waals surface area contributed by atoms with Crippen LogP contribution in [0.1, 0.15) is 26.2 Å². The summed E-state index contributed by atoms with van der Waals surface area (Å²) in [6.45, 7) is 2.05. The maximum Gasteiger partial charge on any atom is 0.248 e. The van der Waals surface area contributed by atoms with E-state index in [4.69, 9.17) is 5.73 Å². The Labute approximate surface area is 128 Å². The smallest absolute Gasteiger partial charge is 0.248 e. The number of carbonyl (C=O) groups is 2. The number of unbranched alkanes of at least 4 members (excludes halogenated alkanes) is 1. The molecular formula is C14H20N4O2S. The summed E-state index contributed by atoms with van der Waals surface area (Å²) in [5.41, 5.74) is 6.10. The van der Waals surface area contributed by atoms with Crippen molar-refractivity contribution in [2.45, 2.75) is 32.2 Å². The highest BCUT2D eigenvalue weighted by atomic mass is 32.2. The van der Waals surface area contributed by atoms with Gasteiger partial charge in [0.15, 0.2) is 0 Å². The van der Waals surface area contributed by atoms with Gasteiger partial charge in [-0.25, -0.2) is 4.98 Å². The lowest BCUT2D eigenvalue weighted by molar-refractivity contribution is -0.136. The van der Waals surface area contributed by atoms with Crippen LogP contribution in [0.4, 0.5) is 11.5 Å². The molecule has 0 spiro atoms. The Morgan fingerprint density at radius 3 is 3.00 bits per heavy atom. The van der Waals surface area contributed by atoms with E-state index in [1.54, 1.807) is 28.8 Å². The van der Waals surface area contributed by atoms with Crippen molar-refractivity contribution >= 4 is 35.1 Å². The van der Waals surface area contributed by atoms with Gasteiger partial charge in [0.1, 0.15) is 11.9 Å². The molecule has 1 fully saturated rings. The highest BCUT2D eigenvalue weighted by molar-refractivity contribution is 7.99. The Morgan fingerprint density at radius 1 is 1.52 bits per heavy atom. The topological polar surface area (TPSA) is 88.3 Å². The molecule has 114 valence electrons. The van der Waals surface area contributed by atoms with Gasteiger partial charge in [-0.2, -0.15) is 0 Å². The summed E-state index contributed by atoms with van der Waals surface area (Å²) < 4.78 is 0. The number of carbonyl (C=O) groups excluding carboxylic acids is 2. The highest BCUT2D eigenvalue weighted by Gasteiger charge is 2.34. The van der Waals surface area contributed by atoms with Crippen LogP contribution < -0.4 is 11.1 Å². The third-order valence-corrected chi connectivity index (χ3v) is 4.32. The van der Waals surface area contributed by atoms with Gasteiger partial charge in [0.05, 0.1) is 17.8 Å². The van der Waals surface area contributed by atoms with Crippen LogP contribution in [0, 0.1) is 0 Å². The molecule has 2 rings (SSSR count). The first-order valence-electron chi connectivity index (χ1n) is 7.01. The van der Waals surface area contributed by atoms with Crippen molar-refractivity contribution in [3.63, 3.8) is 0 Å². The number of rotatable bonds is 5. The standard InChI is InChI=1S/C14H20N4O2S/c1-2-3-4-13(19)18-9-21-8-11(18)14(20)17-10-5-6-12(15)16-7-10/h5-7,11H,2-4,8-9H2,1H3,(H2,15,16)(H,17,20). The summed E-state index contributed by atoms with van der Waals surface area (Å²) >= 11 is 1.60. The van der Waals surface area contributed by atoms with Crippen LogP contribution in [-0.4, -0.2) is 39.4 Å². The van der Waals surface area contributed by atoms with Crippen molar-refractivity contribution in [1.29, 1.82) is 0 Å². The molecule has 3 N–H and O–H groups in total. The number of aromatic nitrogens is 1. The molecular weight excluding hydrogens is 288 g/mol. The largest absolute Gasteiger partial charge is 0.384 e. The minimum atomic E-state index is -0.406. The molecule has 6 nitrogen and oxygen atoms in total. The van der Waals surface area contributed by atoms with Gasteiger partial charge < -0.3 is 16.0 Å². The maximum atomic E-state index is 12.3. The van der Waals surface area contributed by atoms with Crippen LogP contribution in [0.25, 0.3) is 0 Å². The van der Waals surface area contributed by atoms with Crippen molar-refractivity contribution in [3.05, 3.63) is 18.3 Å². The molecule has 1 aliphatic rings. The van der Waals surface area contributed by atoms with Crippen molar-refractivity contribution in [2.24, 2.45) is 0 Å². The summed E-state index contributed by atoms with van der Waals surface area (Å²) in [5, 5.41) is 2.79. The number of nitrogens with one attached hydrogen (secondary N) is 1. The van der Waals surface area contributed by atoms with Gasteiger partial charge in [-0.05, 0) is 18.6 Å². The molecule has 1 aromatic rings. The Kier molecular flexibility index (Phi) is 5.44. The van der Waals surface area contributed by atoms with Crippen LogP contribution in [0.2, 0.25) is 0 Å². The zero-order valence-corrected chi connectivity index (χ0v) is 12.9. The van der Waals surface area contributed by atoms with E-state index in [0.717, 1.165) is 12.8 Å². The van der Waals surface area contributed by atoms with E-state index in [2.05, 4.69) is 10.3 Å². The molecule has 2 heterocycles. The fourth-order valence-corrected chi connectivity index (χ4v) is 3.26. The molecule has 1 aliphatic heterocycles. The molecule has 7 heteroatoms. The Morgan fingerprint density at radius 2 is 2.33 bits per heavy atom. The zero-order valence-electron chi connectivity index (χ0n) is 12.0. The Bertz CT molecular complexity index is 506. The summed E-state index contributed by atoms with van der Waals surface area (Å²) in [5.74, 6) is 1.50. The number of hydrogen-bond donors (Lipinski definition) is 2. The van der Waals surface area contributed by atoms with Crippen molar-refractivity contribution in [1.82, 2.24) is 9.88 Å². The lowest BCUT2D eigenvalue weighted by Gasteiger charge is -2.23. The fourth-order valence-electron chi connectivity index (χ4n) is 2.08. The van der Waals surface area contributed by atoms with Crippen molar-refractivity contribution in [3.8, 4) is 0 Å². The van der Waals surface area contributed by atoms with Gasteiger partial charge in [-0.1, -0.05) is 13.3 Å². The third-order valence-electron chi connectivity index (χ3n) is 3.30. The summed E-state index contributed by atoms with van der Waals surface area (Å²) in [6, 6.07) is 2.92. The van der Waals surface area contributed by atoms with Crippen LogP contribution in [0.5, 0.6) is 0 Å². The second-order valence-corrected chi connectivity index (χ2v) is 5.94. The van der Waals surface area contributed by atoms with Gasteiger partial charge in [0.2, 0.25) is 11.8 Å². The minimum Gasteiger partial charge on any atom is -0.384 e. The van der Waals surface area contributed by atoms with E-state index in [9.17, 15) is 9.59 Å². The molecule has 1 saturated heterocycles. The number of nitrogen functional groups attached to an aromatic ring is 1. The van der Waals surface area contributed by atoms with E-state index in [0.29, 0.717) is 29.6 Å². The van der Waals surface area contributed by atoms with E-state index in [1.165, 1.54) is 6.20 Å². The number of pyridine rings is 1. The monoisotopic (exact) mass is 308 g/mol.